The number of alkyl halides is 2. The largest absolute Gasteiger partial charge is 0.465 e. The van der Waals surface area contributed by atoms with E-state index in [9.17, 15) is 18.4 Å². The van der Waals surface area contributed by atoms with Crippen molar-refractivity contribution in [1.82, 2.24) is 0 Å². The minimum atomic E-state index is -2.67. The molecule has 0 atom stereocenters. The third-order valence-electron chi connectivity index (χ3n) is 3.32. The lowest BCUT2D eigenvalue weighted by Crippen LogP contribution is -2.45. The van der Waals surface area contributed by atoms with Crippen LogP contribution in [0.2, 0.25) is 0 Å². The highest BCUT2D eigenvalue weighted by molar-refractivity contribution is 5.99. The van der Waals surface area contributed by atoms with Gasteiger partial charge in [0.05, 0.1) is 13.2 Å². The van der Waals surface area contributed by atoms with Crippen LogP contribution in [-0.4, -0.2) is 31.1 Å². The predicted molar refractivity (Wildman–Crippen MR) is 63.7 cm³/mol. The fourth-order valence-corrected chi connectivity index (χ4v) is 2.34. The first-order valence-corrected chi connectivity index (χ1v) is 6.47. The van der Waals surface area contributed by atoms with E-state index in [1.54, 1.807) is 13.8 Å². The molecule has 19 heavy (non-hydrogen) atoms. The van der Waals surface area contributed by atoms with E-state index >= 15 is 0 Å². The Kier molecular flexibility index (Phi) is 4.87. The molecule has 110 valence electrons. The Hall–Kier alpha value is -1.20. The predicted octanol–water partition coefficient (Wildman–Crippen LogP) is 2.55. The quantitative estimate of drug-likeness (QED) is 0.553. The van der Waals surface area contributed by atoms with Crippen LogP contribution in [0.15, 0.2) is 0 Å². The summed E-state index contributed by atoms with van der Waals surface area (Å²) in [6.07, 6.45) is -0.539. The van der Waals surface area contributed by atoms with Crippen molar-refractivity contribution in [2.45, 2.75) is 46.0 Å². The molecule has 1 aliphatic rings. The van der Waals surface area contributed by atoms with Crippen molar-refractivity contribution in [2.24, 2.45) is 11.3 Å². The van der Waals surface area contributed by atoms with Crippen LogP contribution in [-0.2, 0) is 19.1 Å². The summed E-state index contributed by atoms with van der Waals surface area (Å²) in [6.45, 7) is 4.92. The maximum atomic E-state index is 12.8. The fraction of sp³-hybridized carbons (Fsp3) is 0.846. The Labute approximate surface area is 111 Å². The summed E-state index contributed by atoms with van der Waals surface area (Å²) in [5.74, 6) is -4.43. The maximum absolute atomic E-state index is 12.8. The van der Waals surface area contributed by atoms with Crippen molar-refractivity contribution in [1.29, 1.82) is 0 Å². The lowest BCUT2D eigenvalue weighted by atomic mass is 9.70. The van der Waals surface area contributed by atoms with Crippen molar-refractivity contribution < 1.29 is 27.8 Å². The van der Waals surface area contributed by atoms with Crippen molar-refractivity contribution >= 4 is 11.9 Å². The summed E-state index contributed by atoms with van der Waals surface area (Å²) in [4.78, 5) is 23.8. The SMILES string of the molecule is CCOC(=O)C(C)(CC1CC(F)(F)C1)C(=O)OCC. The summed E-state index contributed by atoms with van der Waals surface area (Å²) >= 11 is 0. The van der Waals surface area contributed by atoms with E-state index in [4.69, 9.17) is 9.47 Å². The van der Waals surface area contributed by atoms with Gasteiger partial charge >= 0.3 is 11.9 Å². The summed E-state index contributed by atoms with van der Waals surface area (Å²) in [5.41, 5.74) is -1.49. The van der Waals surface area contributed by atoms with Gasteiger partial charge in [0.15, 0.2) is 5.41 Å². The van der Waals surface area contributed by atoms with Gasteiger partial charge in [0.1, 0.15) is 0 Å². The summed E-state index contributed by atoms with van der Waals surface area (Å²) < 4.78 is 35.4. The van der Waals surface area contributed by atoms with Gasteiger partial charge in [-0.2, -0.15) is 0 Å². The Balaban J connectivity index is 2.75. The van der Waals surface area contributed by atoms with Gasteiger partial charge in [0, 0.05) is 12.8 Å². The molecule has 0 aromatic rings. The van der Waals surface area contributed by atoms with Crippen LogP contribution < -0.4 is 0 Å². The highest BCUT2D eigenvalue weighted by Gasteiger charge is 2.52. The van der Waals surface area contributed by atoms with Crippen molar-refractivity contribution in [3.05, 3.63) is 0 Å². The van der Waals surface area contributed by atoms with Gasteiger partial charge in [-0.1, -0.05) is 0 Å². The third-order valence-corrected chi connectivity index (χ3v) is 3.32. The number of hydrogen-bond donors (Lipinski definition) is 0. The first-order valence-electron chi connectivity index (χ1n) is 6.47. The van der Waals surface area contributed by atoms with Crippen LogP contribution in [0.1, 0.15) is 40.0 Å². The Bertz CT molecular complexity index is 329. The molecule has 0 unspecified atom stereocenters. The Morgan fingerprint density at radius 3 is 1.89 bits per heavy atom. The molecule has 0 heterocycles. The van der Waals surface area contributed by atoms with Crippen molar-refractivity contribution in [2.75, 3.05) is 13.2 Å². The summed E-state index contributed by atoms with van der Waals surface area (Å²) in [6, 6.07) is 0. The molecule has 0 bridgehead atoms. The highest BCUT2D eigenvalue weighted by atomic mass is 19.3. The van der Waals surface area contributed by atoms with Crippen LogP contribution >= 0.6 is 0 Å². The number of carbonyl (C=O) groups is 2. The molecule has 1 saturated carbocycles. The van der Waals surface area contributed by atoms with Gasteiger partial charge in [0.25, 0.3) is 0 Å². The van der Waals surface area contributed by atoms with Crippen molar-refractivity contribution in [3.63, 3.8) is 0 Å². The standard InChI is InChI=1S/C13H20F2O4/c1-4-18-10(16)12(3,11(17)19-5-2)6-9-7-13(14,15)8-9/h9H,4-8H2,1-3H3. The van der Waals surface area contributed by atoms with Gasteiger partial charge in [-0.3, -0.25) is 9.59 Å². The van der Waals surface area contributed by atoms with Gasteiger partial charge in [-0.25, -0.2) is 8.78 Å². The second-order valence-corrected chi connectivity index (χ2v) is 5.11. The number of hydrogen-bond acceptors (Lipinski definition) is 4. The van der Waals surface area contributed by atoms with Gasteiger partial charge in [-0.15, -0.1) is 0 Å². The molecule has 1 rings (SSSR count). The van der Waals surface area contributed by atoms with E-state index in [-0.39, 0.29) is 38.4 Å². The molecule has 0 aromatic heterocycles. The molecule has 0 saturated heterocycles. The van der Waals surface area contributed by atoms with Crippen LogP contribution in [0.25, 0.3) is 0 Å². The molecule has 1 fully saturated rings. The average molecular weight is 278 g/mol. The lowest BCUT2D eigenvalue weighted by Gasteiger charge is -2.38. The topological polar surface area (TPSA) is 52.6 Å². The molecule has 0 aliphatic heterocycles. The zero-order chi connectivity index (χ0) is 14.7. The molecule has 0 amide bonds. The molecule has 1 aliphatic carbocycles. The Morgan fingerprint density at radius 1 is 1.16 bits per heavy atom. The first-order chi connectivity index (χ1) is 8.75. The molecule has 4 nitrogen and oxygen atoms in total. The molecular formula is C13H20F2O4. The number of halogens is 2. The molecular weight excluding hydrogens is 258 g/mol. The lowest BCUT2D eigenvalue weighted by molar-refractivity contribution is -0.177. The fourth-order valence-electron chi connectivity index (χ4n) is 2.34. The molecule has 0 aromatic carbocycles. The minimum absolute atomic E-state index is 0.0419. The van der Waals surface area contributed by atoms with Crippen LogP contribution in [0, 0.1) is 11.3 Å². The van der Waals surface area contributed by atoms with E-state index in [1.165, 1.54) is 6.92 Å². The highest BCUT2D eigenvalue weighted by Crippen LogP contribution is 2.48. The van der Waals surface area contributed by atoms with E-state index in [2.05, 4.69) is 0 Å². The normalized spacial score (nSPS) is 18.6. The van der Waals surface area contributed by atoms with E-state index < -0.39 is 23.3 Å². The first kappa shape index (κ1) is 15.9. The second-order valence-electron chi connectivity index (χ2n) is 5.11. The zero-order valence-electron chi connectivity index (χ0n) is 11.5. The zero-order valence-corrected chi connectivity index (χ0v) is 11.5. The van der Waals surface area contributed by atoms with Gasteiger partial charge in [-0.05, 0) is 33.1 Å². The Morgan fingerprint density at radius 2 is 1.58 bits per heavy atom. The smallest absolute Gasteiger partial charge is 0.323 e. The van der Waals surface area contributed by atoms with E-state index in [0.717, 1.165) is 0 Å². The summed E-state index contributed by atoms with van der Waals surface area (Å²) in [7, 11) is 0. The second kappa shape index (κ2) is 5.84. The minimum Gasteiger partial charge on any atom is -0.465 e. The van der Waals surface area contributed by atoms with Gasteiger partial charge < -0.3 is 9.47 Å². The maximum Gasteiger partial charge on any atom is 0.323 e. The molecule has 6 heteroatoms. The van der Waals surface area contributed by atoms with Crippen molar-refractivity contribution in [3.8, 4) is 0 Å². The van der Waals surface area contributed by atoms with Crippen LogP contribution in [0.4, 0.5) is 8.78 Å². The average Bonchev–Trinajstić information content (AvgIpc) is 2.26. The molecule has 0 radical (unpaired) electrons. The number of rotatable bonds is 6. The van der Waals surface area contributed by atoms with Crippen LogP contribution in [0.5, 0.6) is 0 Å². The van der Waals surface area contributed by atoms with E-state index in [0.29, 0.717) is 0 Å². The molecule has 0 N–H and O–H groups in total. The van der Waals surface area contributed by atoms with E-state index in [1.807, 2.05) is 0 Å². The summed E-state index contributed by atoms with van der Waals surface area (Å²) in [5, 5.41) is 0. The molecule has 0 spiro atoms. The number of carbonyl (C=O) groups excluding carboxylic acids is 2. The van der Waals surface area contributed by atoms with Gasteiger partial charge in [0.2, 0.25) is 5.92 Å². The number of ether oxygens (including phenoxy) is 2. The number of esters is 2. The third kappa shape index (κ3) is 3.64. The van der Waals surface area contributed by atoms with Crippen LogP contribution in [0.3, 0.4) is 0 Å². The monoisotopic (exact) mass is 278 g/mol.